The average molecular weight is 401 g/mol. The van der Waals surface area contributed by atoms with Crippen molar-refractivity contribution in [1.29, 1.82) is 0 Å². The van der Waals surface area contributed by atoms with Gasteiger partial charge in [0, 0.05) is 30.8 Å². The van der Waals surface area contributed by atoms with Crippen molar-refractivity contribution in [3.63, 3.8) is 0 Å². The molecule has 0 aliphatic heterocycles. The quantitative estimate of drug-likeness (QED) is 0.283. The molecule has 2 amide bonds. The lowest BCUT2D eigenvalue weighted by molar-refractivity contribution is -0.634. The van der Waals surface area contributed by atoms with Crippen molar-refractivity contribution >= 4 is 46.2 Å². The van der Waals surface area contributed by atoms with E-state index in [1.165, 1.54) is 24.3 Å². The summed E-state index contributed by atoms with van der Waals surface area (Å²) in [5.74, 6) is 0. The van der Waals surface area contributed by atoms with Crippen LogP contribution in [-0.4, -0.2) is 17.2 Å². The van der Waals surface area contributed by atoms with Crippen LogP contribution in [0.25, 0.3) is 5.69 Å². The molecular formula is C18H17N4O3S2+. The number of hydrogen-bond acceptors (Lipinski definition) is 5. The maximum Gasteiger partial charge on any atom is 0.323 e. The van der Waals surface area contributed by atoms with Crippen molar-refractivity contribution in [1.82, 2.24) is 0 Å². The van der Waals surface area contributed by atoms with Crippen molar-refractivity contribution in [3.8, 4) is 5.69 Å². The van der Waals surface area contributed by atoms with E-state index < -0.39 is 11.0 Å². The average Bonchev–Trinajstić information content (AvgIpc) is 3.03. The number of hydrogen-bond donors (Lipinski definition) is 2. The van der Waals surface area contributed by atoms with Gasteiger partial charge >= 0.3 is 10.4 Å². The number of carbonyl (C=O) groups excluding carboxylic acids is 1. The van der Waals surface area contributed by atoms with Crippen LogP contribution in [0.3, 0.4) is 0 Å². The van der Waals surface area contributed by atoms with Gasteiger partial charge in [0.25, 0.3) is 5.69 Å². The second-order valence-electron chi connectivity index (χ2n) is 5.58. The molecule has 2 N–H and O–H groups in total. The van der Waals surface area contributed by atoms with Crippen LogP contribution in [0.15, 0.2) is 58.3 Å². The number of nitrogens with one attached hydrogen (secondary N) is 2. The highest BCUT2D eigenvalue weighted by Crippen LogP contribution is 2.24. The summed E-state index contributed by atoms with van der Waals surface area (Å²) in [6.45, 7) is 2.02. The van der Waals surface area contributed by atoms with E-state index in [4.69, 9.17) is 0 Å². The number of para-hydroxylation sites is 2. The van der Waals surface area contributed by atoms with Crippen molar-refractivity contribution < 1.29 is 14.3 Å². The standard InChI is InChI=1S/C18H16N4O3S2/c1-12-11-27-18(26-2)21(12)16-6-4-3-5-15(16)20-17(23)19-13-7-9-14(10-8-13)22(24)25/h3-11H,1-2H3,(H-,19,20,23)/p+1. The molecule has 9 heteroatoms. The van der Waals surface area contributed by atoms with Gasteiger partial charge in [0.2, 0.25) is 5.69 Å². The molecule has 0 radical (unpaired) electrons. The maximum atomic E-state index is 12.4. The van der Waals surface area contributed by atoms with Crippen LogP contribution in [-0.2, 0) is 0 Å². The predicted octanol–water partition coefficient (Wildman–Crippen LogP) is 4.61. The summed E-state index contributed by atoms with van der Waals surface area (Å²) in [4.78, 5) is 22.6. The molecule has 3 aromatic rings. The zero-order chi connectivity index (χ0) is 19.4. The number of thioether (sulfide) groups is 1. The first kappa shape index (κ1) is 18.9. The van der Waals surface area contributed by atoms with E-state index in [9.17, 15) is 14.9 Å². The number of nitro benzene ring substituents is 1. The van der Waals surface area contributed by atoms with Gasteiger partial charge < -0.3 is 10.6 Å². The number of nitro groups is 1. The van der Waals surface area contributed by atoms with Gasteiger partial charge in [-0.15, -0.1) is 4.57 Å². The molecule has 0 aliphatic carbocycles. The van der Waals surface area contributed by atoms with E-state index in [1.807, 2.05) is 37.4 Å². The fraction of sp³-hybridized carbons (Fsp3) is 0.111. The molecule has 3 rings (SSSR count). The number of amides is 2. The minimum atomic E-state index is -0.482. The number of rotatable bonds is 5. The zero-order valence-electron chi connectivity index (χ0n) is 14.6. The van der Waals surface area contributed by atoms with E-state index in [1.54, 1.807) is 23.1 Å². The summed E-state index contributed by atoms with van der Waals surface area (Å²) in [6, 6.07) is 12.8. The number of non-ortho nitro benzene ring substituents is 1. The molecule has 138 valence electrons. The Morgan fingerprint density at radius 3 is 2.52 bits per heavy atom. The topological polar surface area (TPSA) is 88.2 Å². The summed E-state index contributed by atoms with van der Waals surface area (Å²) in [5.41, 5.74) is 3.06. The van der Waals surface area contributed by atoms with E-state index in [2.05, 4.69) is 20.6 Å². The zero-order valence-corrected chi connectivity index (χ0v) is 16.3. The smallest absolute Gasteiger partial charge is 0.308 e. The second kappa shape index (κ2) is 8.19. The number of urea groups is 1. The van der Waals surface area contributed by atoms with Crippen molar-refractivity contribution in [3.05, 3.63) is 69.7 Å². The van der Waals surface area contributed by atoms with E-state index in [0.29, 0.717) is 11.4 Å². The summed E-state index contributed by atoms with van der Waals surface area (Å²) in [5, 5.41) is 18.3. The van der Waals surface area contributed by atoms with E-state index in [-0.39, 0.29) is 5.69 Å². The maximum absolute atomic E-state index is 12.4. The van der Waals surface area contributed by atoms with Crippen LogP contribution in [0.5, 0.6) is 0 Å². The number of aryl methyl sites for hydroxylation is 1. The lowest BCUT2D eigenvalue weighted by Gasteiger charge is -2.09. The number of nitrogens with zero attached hydrogens (tertiary/aromatic N) is 2. The van der Waals surface area contributed by atoms with Crippen LogP contribution >= 0.6 is 23.1 Å². The second-order valence-corrected chi connectivity index (χ2v) is 7.49. The van der Waals surface area contributed by atoms with Crippen molar-refractivity contribution in [2.45, 2.75) is 11.3 Å². The predicted molar refractivity (Wildman–Crippen MR) is 108 cm³/mol. The SMILES string of the molecule is CSc1scc(C)[n+]1-c1ccccc1NC(=O)Nc1ccc([N+](=O)[O-])cc1. The molecule has 0 unspecified atom stereocenters. The lowest BCUT2D eigenvalue weighted by atomic mass is 10.2. The van der Waals surface area contributed by atoms with Gasteiger partial charge in [-0.25, -0.2) is 4.79 Å². The van der Waals surface area contributed by atoms with Crippen LogP contribution in [0.1, 0.15) is 5.69 Å². The first-order valence-corrected chi connectivity index (χ1v) is 10.1. The number of carbonyl (C=O) groups is 1. The van der Waals surface area contributed by atoms with Gasteiger partial charge in [-0.05, 0) is 36.2 Å². The molecule has 0 bridgehead atoms. The molecule has 0 aliphatic rings. The Bertz CT molecular complexity index is 987. The molecular weight excluding hydrogens is 384 g/mol. The van der Waals surface area contributed by atoms with Crippen molar-refractivity contribution in [2.75, 3.05) is 16.9 Å². The first-order valence-electron chi connectivity index (χ1n) is 7.95. The summed E-state index contributed by atoms with van der Waals surface area (Å²) in [7, 11) is 0. The van der Waals surface area contributed by atoms with Gasteiger partial charge in [0.1, 0.15) is 5.69 Å². The first-order chi connectivity index (χ1) is 13.0. The molecule has 7 nitrogen and oxygen atoms in total. The fourth-order valence-corrected chi connectivity index (χ4v) is 4.22. The highest BCUT2D eigenvalue weighted by atomic mass is 32.2. The molecule has 0 atom stereocenters. The molecule has 0 saturated carbocycles. The van der Waals surface area contributed by atoms with Gasteiger partial charge in [0.15, 0.2) is 5.69 Å². The minimum Gasteiger partial charge on any atom is -0.308 e. The third-order valence-electron chi connectivity index (χ3n) is 3.77. The largest absolute Gasteiger partial charge is 0.323 e. The van der Waals surface area contributed by atoms with E-state index >= 15 is 0 Å². The third kappa shape index (κ3) is 4.26. The van der Waals surface area contributed by atoms with Gasteiger partial charge in [-0.1, -0.05) is 23.5 Å². The van der Waals surface area contributed by atoms with E-state index in [0.717, 1.165) is 15.7 Å². The normalized spacial score (nSPS) is 10.4. The number of benzene rings is 2. The molecule has 0 fully saturated rings. The van der Waals surface area contributed by atoms with Crippen LogP contribution < -0.4 is 15.2 Å². The molecule has 1 aromatic heterocycles. The Balaban J connectivity index is 1.81. The fourth-order valence-electron chi connectivity index (χ4n) is 2.54. The highest BCUT2D eigenvalue weighted by Gasteiger charge is 2.23. The molecule has 1 heterocycles. The summed E-state index contributed by atoms with van der Waals surface area (Å²) < 4.78 is 3.20. The number of anilines is 2. The summed E-state index contributed by atoms with van der Waals surface area (Å²) in [6.07, 6.45) is 2.01. The number of thiazole rings is 1. The third-order valence-corrected chi connectivity index (χ3v) is 5.93. The van der Waals surface area contributed by atoms with Gasteiger partial charge in [0.05, 0.1) is 10.3 Å². The monoisotopic (exact) mass is 401 g/mol. The Hall–Kier alpha value is -2.91. The molecule has 27 heavy (non-hydrogen) atoms. The van der Waals surface area contributed by atoms with Crippen molar-refractivity contribution in [2.24, 2.45) is 0 Å². The molecule has 2 aromatic carbocycles. The Morgan fingerprint density at radius 1 is 1.15 bits per heavy atom. The minimum absolute atomic E-state index is 0.0276. The number of aromatic nitrogens is 1. The van der Waals surface area contributed by atoms with Crippen LogP contribution in [0.2, 0.25) is 0 Å². The Kier molecular flexibility index (Phi) is 5.72. The Labute approximate surface area is 164 Å². The Morgan fingerprint density at radius 2 is 1.85 bits per heavy atom. The van der Waals surface area contributed by atoms with Gasteiger partial charge in [-0.2, -0.15) is 0 Å². The molecule has 0 saturated heterocycles. The van der Waals surface area contributed by atoms with Crippen LogP contribution in [0.4, 0.5) is 21.9 Å². The highest BCUT2D eigenvalue weighted by molar-refractivity contribution is 8.00. The molecule has 0 spiro atoms. The van der Waals surface area contributed by atoms with Crippen LogP contribution in [0, 0.1) is 17.0 Å². The summed E-state index contributed by atoms with van der Waals surface area (Å²) >= 11 is 3.29. The lowest BCUT2D eigenvalue weighted by Crippen LogP contribution is -2.35. The van der Waals surface area contributed by atoms with Gasteiger partial charge in [-0.3, -0.25) is 10.1 Å².